The minimum absolute atomic E-state index is 0.0597. The Morgan fingerprint density at radius 1 is 1.43 bits per heavy atom. The maximum atomic E-state index is 12.2. The Morgan fingerprint density at radius 2 is 2.26 bits per heavy atom. The van der Waals surface area contributed by atoms with Gasteiger partial charge in [0.2, 0.25) is 0 Å². The van der Waals surface area contributed by atoms with Crippen molar-refractivity contribution in [1.82, 2.24) is 15.5 Å². The molecule has 0 bridgehead atoms. The Morgan fingerprint density at radius 3 is 2.91 bits per heavy atom. The van der Waals surface area contributed by atoms with E-state index in [2.05, 4.69) is 33.0 Å². The number of amides is 2. The van der Waals surface area contributed by atoms with Gasteiger partial charge in [-0.3, -0.25) is 4.90 Å². The van der Waals surface area contributed by atoms with Crippen molar-refractivity contribution in [1.29, 1.82) is 0 Å². The molecule has 128 valence electrons. The number of rotatable bonds is 6. The average molecular weight is 337 g/mol. The third kappa shape index (κ3) is 4.46. The summed E-state index contributed by atoms with van der Waals surface area (Å²) in [5.74, 6) is 0. The lowest BCUT2D eigenvalue weighted by atomic mass is 10.1. The Hall–Kier alpha value is -1.11. The lowest BCUT2D eigenvalue weighted by Crippen LogP contribution is -2.47. The molecule has 2 aliphatic rings. The first-order valence-corrected chi connectivity index (χ1v) is 9.55. The third-order valence-corrected chi connectivity index (χ3v) is 5.76. The lowest BCUT2D eigenvalue weighted by molar-refractivity contribution is 0.0859. The predicted molar refractivity (Wildman–Crippen MR) is 92.8 cm³/mol. The first-order chi connectivity index (χ1) is 11.2. The van der Waals surface area contributed by atoms with Crippen molar-refractivity contribution in [2.45, 2.75) is 50.8 Å². The van der Waals surface area contributed by atoms with Crippen molar-refractivity contribution in [3.63, 3.8) is 0 Å². The summed E-state index contributed by atoms with van der Waals surface area (Å²) >= 11 is 1.77. The maximum absolute atomic E-state index is 12.2. The number of ether oxygens (including phenoxy) is 1. The van der Waals surface area contributed by atoms with Gasteiger partial charge < -0.3 is 15.4 Å². The SMILES string of the molecule is C[C@H](NC(=O)NC[C@H](c1cccs1)N1CCCC1)[C@H]1CCCO1. The van der Waals surface area contributed by atoms with Gasteiger partial charge in [0.1, 0.15) is 0 Å². The van der Waals surface area contributed by atoms with E-state index in [9.17, 15) is 4.79 Å². The molecule has 1 aromatic heterocycles. The Balaban J connectivity index is 1.50. The highest BCUT2D eigenvalue weighted by atomic mass is 32.1. The summed E-state index contributed by atoms with van der Waals surface area (Å²) in [5, 5.41) is 8.19. The van der Waals surface area contributed by atoms with E-state index in [-0.39, 0.29) is 18.2 Å². The van der Waals surface area contributed by atoms with Gasteiger partial charge in [-0.2, -0.15) is 0 Å². The largest absolute Gasteiger partial charge is 0.376 e. The highest BCUT2D eigenvalue weighted by Gasteiger charge is 2.26. The summed E-state index contributed by atoms with van der Waals surface area (Å²) in [6, 6.07) is 4.52. The van der Waals surface area contributed by atoms with E-state index in [1.54, 1.807) is 11.3 Å². The van der Waals surface area contributed by atoms with Gasteiger partial charge in [-0.05, 0) is 57.1 Å². The minimum atomic E-state index is -0.0891. The fraction of sp³-hybridized carbons (Fsp3) is 0.706. The zero-order valence-electron chi connectivity index (χ0n) is 13.8. The van der Waals surface area contributed by atoms with Crippen molar-refractivity contribution >= 4 is 17.4 Å². The van der Waals surface area contributed by atoms with Crippen LogP contribution in [0.5, 0.6) is 0 Å². The normalized spacial score (nSPS) is 24.5. The second-order valence-corrected chi connectivity index (χ2v) is 7.45. The van der Waals surface area contributed by atoms with E-state index in [1.807, 2.05) is 6.92 Å². The molecule has 0 aromatic carbocycles. The first-order valence-electron chi connectivity index (χ1n) is 8.67. The molecule has 5 nitrogen and oxygen atoms in total. The molecule has 3 heterocycles. The van der Waals surface area contributed by atoms with Crippen LogP contribution in [-0.2, 0) is 4.74 Å². The summed E-state index contributed by atoms with van der Waals surface area (Å²) in [4.78, 5) is 16.0. The predicted octanol–water partition coefficient (Wildman–Crippen LogP) is 2.75. The Bertz CT molecular complexity index is 482. The highest BCUT2D eigenvalue weighted by Crippen LogP contribution is 2.27. The van der Waals surface area contributed by atoms with Crippen LogP contribution in [0.1, 0.15) is 43.5 Å². The Kier molecular flexibility index (Phi) is 5.91. The zero-order chi connectivity index (χ0) is 16.1. The molecule has 0 unspecified atom stereocenters. The van der Waals surface area contributed by atoms with Crippen LogP contribution in [0.3, 0.4) is 0 Å². The molecule has 2 aliphatic heterocycles. The second-order valence-electron chi connectivity index (χ2n) is 6.47. The number of hydrogen-bond acceptors (Lipinski definition) is 4. The number of carbonyl (C=O) groups is 1. The van der Waals surface area contributed by atoms with E-state index in [4.69, 9.17) is 4.74 Å². The fourth-order valence-electron chi connectivity index (χ4n) is 3.48. The zero-order valence-corrected chi connectivity index (χ0v) is 14.6. The molecular formula is C17H27N3O2S. The van der Waals surface area contributed by atoms with Gasteiger partial charge in [0.05, 0.1) is 18.2 Å². The van der Waals surface area contributed by atoms with Crippen molar-refractivity contribution in [2.24, 2.45) is 0 Å². The molecule has 2 amide bonds. The second kappa shape index (κ2) is 8.13. The van der Waals surface area contributed by atoms with Gasteiger partial charge >= 0.3 is 6.03 Å². The van der Waals surface area contributed by atoms with E-state index in [0.717, 1.165) is 32.5 Å². The number of thiophene rings is 1. The fourth-order valence-corrected chi connectivity index (χ4v) is 4.34. The van der Waals surface area contributed by atoms with E-state index in [1.165, 1.54) is 17.7 Å². The third-order valence-electron chi connectivity index (χ3n) is 4.79. The monoisotopic (exact) mass is 337 g/mol. The standard InChI is InChI=1S/C17H27N3O2S/c1-13(15-6-4-10-22-15)19-17(21)18-12-14(16-7-5-11-23-16)20-8-2-3-9-20/h5,7,11,13-15H,2-4,6,8-10,12H2,1H3,(H2,18,19,21)/t13-,14+,15+/m0/s1. The van der Waals surface area contributed by atoms with Crippen LogP contribution in [0.4, 0.5) is 4.79 Å². The molecular weight excluding hydrogens is 310 g/mol. The number of nitrogens with one attached hydrogen (secondary N) is 2. The van der Waals surface area contributed by atoms with E-state index >= 15 is 0 Å². The van der Waals surface area contributed by atoms with Crippen LogP contribution in [0, 0.1) is 0 Å². The summed E-state index contributed by atoms with van der Waals surface area (Å²) < 4.78 is 5.63. The first kappa shape index (κ1) is 16.7. The van der Waals surface area contributed by atoms with Crippen LogP contribution < -0.4 is 10.6 Å². The minimum Gasteiger partial charge on any atom is -0.376 e. The highest BCUT2D eigenvalue weighted by molar-refractivity contribution is 7.10. The number of hydrogen-bond donors (Lipinski definition) is 2. The summed E-state index contributed by atoms with van der Waals surface area (Å²) in [6.07, 6.45) is 4.79. The molecule has 23 heavy (non-hydrogen) atoms. The van der Waals surface area contributed by atoms with Crippen LogP contribution in [-0.4, -0.2) is 49.3 Å². The van der Waals surface area contributed by atoms with Gasteiger partial charge in [-0.1, -0.05) is 6.07 Å². The van der Waals surface area contributed by atoms with Crippen LogP contribution >= 0.6 is 11.3 Å². The maximum Gasteiger partial charge on any atom is 0.315 e. The van der Waals surface area contributed by atoms with Gasteiger partial charge in [0.25, 0.3) is 0 Å². The molecule has 0 aliphatic carbocycles. The van der Waals surface area contributed by atoms with Gasteiger partial charge in [-0.15, -0.1) is 11.3 Å². The van der Waals surface area contributed by atoms with Gasteiger partial charge in [-0.25, -0.2) is 4.79 Å². The van der Waals surface area contributed by atoms with Gasteiger partial charge in [0, 0.05) is 18.0 Å². The molecule has 0 saturated carbocycles. The molecule has 6 heteroatoms. The molecule has 1 aromatic rings. The van der Waals surface area contributed by atoms with Crippen molar-refractivity contribution in [2.75, 3.05) is 26.2 Å². The van der Waals surface area contributed by atoms with Crippen molar-refractivity contribution < 1.29 is 9.53 Å². The topological polar surface area (TPSA) is 53.6 Å². The molecule has 2 fully saturated rings. The summed E-state index contributed by atoms with van der Waals surface area (Å²) in [5.41, 5.74) is 0. The molecule has 3 atom stereocenters. The number of carbonyl (C=O) groups excluding carboxylic acids is 1. The van der Waals surface area contributed by atoms with E-state index < -0.39 is 0 Å². The van der Waals surface area contributed by atoms with Gasteiger partial charge in [0.15, 0.2) is 0 Å². The molecule has 3 rings (SSSR count). The number of nitrogens with zero attached hydrogens (tertiary/aromatic N) is 1. The molecule has 2 N–H and O–H groups in total. The number of urea groups is 1. The lowest BCUT2D eigenvalue weighted by Gasteiger charge is -2.27. The average Bonchev–Trinajstić information content (AvgIpc) is 3.30. The molecule has 0 radical (unpaired) electrons. The quantitative estimate of drug-likeness (QED) is 0.839. The Labute approximate surface area is 142 Å². The van der Waals surface area contributed by atoms with E-state index in [0.29, 0.717) is 12.6 Å². The molecule has 0 spiro atoms. The number of likely N-dealkylation sites (tertiary alicyclic amines) is 1. The van der Waals surface area contributed by atoms with Crippen LogP contribution in [0.2, 0.25) is 0 Å². The summed E-state index contributed by atoms with van der Waals surface area (Å²) in [6.45, 7) is 5.74. The summed E-state index contributed by atoms with van der Waals surface area (Å²) in [7, 11) is 0. The van der Waals surface area contributed by atoms with Crippen LogP contribution in [0.25, 0.3) is 0 Å². The van der Waals surface area contributed by atoms with Crippen LogP contribution in [0.15, 0.2) is 17.5 Å². The molecule has 2 saturated heterocycles. The smallest absolute Gasteiger partial charge is 0.315 e. The van der Waals surface area contributed by atoms with Crippen molar-refractivity contribution in [3.05, 3.63) is 22.4 Å². The van der Waals surface area contributed by atoms with Crippen molar-refractivity contribution in [3.8, 4) is 0 Å².